The van der Waals surface area contributed by atoms with Crippen molar-refractivity contribution in [2.45, 2.75) is 6.54 Å². The summed E-state index contributed by atoms with van der Waals surface area (Å²) in [5.41, 5.74) is 3.55. The largest absolute Gasteiger partial charge is 0.378 e. The number of hydrogen-bond acceptors (Lipinski definition) is 4. The van der Waals surface area contributed by atoms with Gasteiger partial charge in [-0.25, -0.2) is 0 Å². The van der Waals surface area contributed by atoms with Crippen LogP contribution in [-0.2, 0) is 6.54 Å². The first kappa shape index (κ1) is 14.1. The number of aromatic nitrogens is 2. The number of fused-ring (bicyclic) bond motifs is 1. The van der Waals surface area contributed by atoms with Crippen LogP contribution < -0.4 is 5.32 Å². The summed E-state index contributed by atoms with van der Waals surface area (Å²) in [5.74, 6) is 0. The maximum atomic E-state index is 6.23. The number of nitrogens with zero attached hydrogens (tertiary/aromatic N) is 2. The average Bonchev–Trinajstić information content (AvgIpc) is 2.90. The summed E-state index contributed by atoms with van der Waals surface area (Å²) >= 11 is 16.8. The van der Waals surface area contributed by atoms with E-state index in [-0.39, 0.29) is 0 Å². The molecule has 2 aromatic carbocycles. The fraction of sp³-hybridized carbons (Fsp3) is 0.0769. The third kappa shape index (κ3) is 2.76. The van der Waals surface area contributed by atoms with Crippen LogP contribution in [0.15, 0.2) is 34.8 Å². The van der Waals surface area contributed by atoms with Crippen molar-refractivity contribution in [3.8, 4) is 0 Å². The Hall–Kier alpha value is -0.880. The molecule has 0 spiro atoms. The van der Waals surface area contributed by atoms with Crippen molar-refractivity contribution in [2.75, 3.05) is 5.32 Å². The smallest absolute Gasteiger partial charge is 0.129 e. The molecule has 0 saturated carbocycles. The van der Waals surface area contributed by atoms with E-state index >= 15 is 0 Å². The molecule has 0 radical (unpaired) electrons. The Morgan fingerprint density at radius 1 is 1.10 bits per heavy atom. The summed E-state index contributed by atoms with van der Waals surface area (Å²) < 4.78 is 9.36. The van der Waals surface area contributed by atoms with Crippen LogP contribution in [-0.4, -0.2) is 8.75 Å². The molecule has 3 nitrogen and oxygen atoms in total. The molecule has 0 saturated heterocycles. The molecule has 102 valence electrons. The van der Waals surface area contributed by atoms with Crippen molar-refractivity contribution in [1.82, 2.24) is 8.75 Å². The van der Waals surface area contributed by atoms with Crippen LogP contribution in [0.4, 0.5) is 5.69 Å². The molecule has 0 aliphatic rings. The first-order valence-corrected chi connectivity index (χ1v) is 8.01. The predicted octanol–water partition coefficient (Wildman–Crippen LogP) is 5.37. The topological polar surface area (TPSA) is 37.8 Å². The number of rotatable bonds is 3. The van der Waals surface area contributed by atoms with E-state index in [2.05, 4.69) is 30.0 Å². The molecule has 0 aliphatic heterocycles. The Morgan fingerprint density at radius 3 is 2.70 bits per heavy atom. The molecule has 3 rings (SSSR count). The minimum atomic E-state index is 0.631. The van der Waals surface area contributed by atoms with Crippen molar-refractivity contribution in [2.24, 2.45) is 0 Å². The van der Waals surface area contributed by atoms with E-state index in [0.717, 1.165) is 26.8 Å². The van der Waals surface area contributed by atoms with E-state index in [1.807, 2.05) is 30.3 Å². The Balaban J connectivity index is 1.88. The number of nitrogens with one attached hydrogen (secondary N) is 1. The van der Waals surface area contributed by atoms with Crippen molar-refractivity contribution in [3.63, 3.8) is 0 Å². The zero-order valence-corrected chi connectivity index (χ0v) is 13.9. The lowest BCUT2D eigenvalue weighted by Crippen LogP contribution is -2.00. The Morgan fingerprint density at radius 2 is 1.90 bits per heavy atom. The van der Waals surface area contributed by atoms with Gasteiger partial charge in [-0.1, -0.05) is 29.3 Å². The SMILES string of the molecule is Clc1ccc(CNc2c(Cl)ccc3nsnc23)cc1Br. The fourth-order valence-electron chi connectivity index (χ4n) is 1.84. The molecular weight excluding hydrogens is 381 g/mol. The van der Waals surface area contributed by atoms with Crippen LogP contribution in [0.5, 0.6) is 0 Å². The summed E-state index contributed by atoms with van der Waals surface area (Å²) in [4.78, 5) is 0. The van der Waals surface area contributed by atoms with Crippen LogP contribution >= 0.6 is 50.9 Å². The molecule has 20 heavy (non-hydrogen) atoms. The summed E-state index contributed by atoms with van der Waals surface area (Å²) in [7, 11) is 0. The summed E-state index contributed by atoms with van der Waals surface area (Å²) in [6.45, 7) is 0.631. The number of halogens is 3. The quantitative estimate of drug-likeness (QED) is 0.655. The zero-order chi connectivity index (χ0) is 14.1. The van der Waals surface area contributed by atoms with Gasteiger partial charge in [0.25, 0.3) is 0 Å². The van der Waals surface area contributed by atoms with Gasteiger partial charge < -0.3 is 5.32 Å². The highest BCUT2D eigenvalue weighted by Gasteiger charge is 2.09. The summed E-state index contributed by atoms with van der Waals surface area (Å²) in [5, 5.41) is 4.64. The third-order valence-corrected chi connectivity index (χ3v) is 4.90. The molecule has 0 aliphatic carbocycles. The molecule has 7 heteroatoms. The molecule has 0 bridgehead atoms. The Kier molecular flexibility index (Phi) is 4.12. The fourth-order valence-corrected chi connectivity index (χ4v) is 3.14. The summed E-state index contributed by atoms with van der Waals surface area (Å²) in [6, 6.07) is 9.49. The van der Waals surface area contributed by atoms with Crippen LogP contribution in [0.2, 0.25) is 10.0 Å². The molecule has 0 fully saturated rings. The van der Waals surface area contributed by atoms with Crippen LogP contribution in [0.25, 0.3) is 11.0 Å². The molecule has 1 aromatic heterocycles. The molecule has 3 aromatic rings. The zero-order valence-electron chi connectivity index (χ0n) is 10.0. The molecule has 0 atom stereocenters. The Bertz CT molecular complexity index is 775. The molecular formula is C13H8BrCl2N3S. The number of hydrogen-bond donors (Lipinski definition) is 1. The van der Waals surface area contributed by atoms with Gasteiger partial charge in [-0.05, 0) is 45.8 Å². The van der Waals surface area contributed by atoms with Gasteiger partial charge in [0.2, 0.25) is 0 Å². The standard InChI is InChI=1S/C13H8BrCl2N3S/c14-8-5-7(1-2-9(8)15)6-17-12-10(16)3-4-11-13(12)19-20-18-11/h1-5,17H,6H2. The second-order valence-corrected chi connectivity index (χ2v) is 6.35. The summed E-state index contributed by atoms with van der Waals surface area (Å²) in [6.07, 6.45) is 0. The van der Waals surface area contributed by atoms with Crippen molar-refractivity contribution in [1.29, 1.82) is 0 Å². The number of anilines is 1. The van der Waals surface area contributed by atoms with Gasteiger partial charge in [0, 0.05) is 11.0 Å². The van der Waals surface area contributed by atoms with Gasteiger partial charge in [-0.2, -0.15) is 8.75 Å². The molecule has 0 amide bonds. The van der Waals surface area contributed by atoms with E-state index in [0.29, 0.717) is 16.6 Å². The van der Waals surface area contributed by atoms with Crippen LogP contribution in [0, 0.1) is 0 Å². The van der Waals surface area contributed by atoms with Crippen LogP contribution in [0.1, 0.15) is 5.56 Å². The van der Waals surface area contributed by atoms with Gasteiger partial charge in [0.15, 0.2) is 0 Å². The lowest BCUT2D eigenvalue weighted by atomic mass is 10.2. The van der Waals surface area contributed by atoms with Gasteiger partial charge in [-0.3, -0.25) is 0 Å². The van der Waals surface area contributed by atoms with Gasteiger partial charge in [-0.15, -0.1) is 0 Å². The highest BCUT2D eigenvalue weighted by atomic mass is 79.9. The number of benzene rings is 2. The lowest BCUT2D eigenvalue weighted by molar-refractivity contribution is 1.15. The van der Waals surface area contributed by atoms with Gasteiger partial charge in [0.1, 0.15) is 11.0 Å². The van der Waals surface area contributed by atoms with E-state index < -0.39 is 0 Å². The lowest BCUT2D eigenvalue weighted by Gasteiger charge is -2.09. The minimum Gasteiger partial charge on any atom is -0.378 e. The molecule has 0 unspecified atom stereocenters. The van der Waals surface area contributed by atoms with E-state index in [1.165, 1.54) is 11.7 Å². The molecule has 1 heterocycles. The predicted molar refractivity (Wildman–Crippen MR) is 88.9 cm³/mol. The molecule has 1 N–H and O–H groups in total. The Labute approximate surface area is 138 Å². The first-order chi connectivity index (χ1) is 9.65. The van der Waals surface area contributed by atoms with E-state index in [1.54, 1.807) is 0 Å². The van der Waals surface area contributed by atoms with Crippen molar-refractivity contribution >= 4 is 67.6 Å². The average molecular weight is 389 g/mol. The van der Waals surface area contributed by atoms with Crippen molar-refractivity contribution < 1.29 is 0 Å². The van der Waals surface area contributed by atoms with Crippen LogP contribution in [0.3, 0.4) is 0 Å². The van der Waals surface area contributed by atoms with Gasteiger partial charge >= 0.3 is 0 Å². The highest BCUT2D eigenvalue weighted by molar-refractivity contribution is 9.10. The van der Waals surface area contributed by atoms with E-state index in [4.69, 9.17) is 23.2 Å². The maximum Gasteiger partial charge on any atom is 0.129 e. The normalized spacial score (nSPS) is 10.9. The second kappa shape index (κ2) is 5.85. The van der Waals surface area contributed by atoms with Crippen molar-refractivity contribution in [3.05, 3.63) is 50.4 Å². The van der Waals surface area contributed by atoms with E-state index in [9.17, 15) is 0 Å². The minimum absolute atomic E-state index is 0.631. The maximum absolute atomic E-state index is 6.23. The second-order valence-electron chi connectivity index (χ2n) is 4.16. The monoisotopic (exact) mass is 387 g/mol. The third-order valence-electron chi connectivity index (χ3n) is 2.83. The first-order valence-electron chi connectivity index (χ1n) is 5.74. The van der Waals surface area contributed by atoms with Gasteiger partial charge in [0.05, 0.1) is 27.5 Å². The highest BCUT2D eigenvalue weighted by Crippen LogP contribution is 2.31.